The van der Waals surface area contributed by atoms with Gasteiger partial charge in [0, 0.05) is 5.92 Å². The Hall–Kier alpha value is -1.87. The molecule has 3 rings (SSSR count). The smallest absolute Gasteiger partial charge is 0.243 e. The molecule has 2 heterocycles. The molecule has 2 aromatic rings. The van der Waals surface area contributed by atoms with E-state index in [2.05, 4.69) is 25.7 Å². The number of nitrogens with zero attached hydrogens (tertiary/aromatic N) is 5. The molecule has 0 saturated heterocycles. The Morgan fingerprint density at radius 1 is 1.52 bits per heavy atom. The lowest BCUT2D eigenvalue weighted by Crippen LogP contribution is -2.39. The summed E-state index contributed by atoms with van der Waals surface area (Å²) >= 11 is 1.29. The maximum atomic E-state index is 12.2. The average molecular weight is 336 g/mol. The molecule has 0 spiro atoms. The second kappa shape index (κ2) is 7.14. The standard InChI is InChI=1S/C14H20N6O2S/c1-9(12(21)17-14-18-15-8-23-14)20(2)7-11-16-13(22-19-11)10-5-3-4-6-10/h8-10H,3-7H2,1-2H3,(H,17,18,21)/t9-/m1/s1. The third-order valence-electron chi connectivity index (χ3n) is 4.21. The number of amides is 1. The highest BCUT2D eigenvalue weighted by Crippen LogP contribution is 2.32. The van der Waals surface area contributed by atoms with Gasteiger partial charge in [-0.05, 0) is 26.8 Å². The number of likely N-dealkylation sites (N-methyl/N-ethyl adjacent to an activating group) is 1. The van der Waals surface area contributed by atoms with Gasteiger partial charge in [-0.1, -0.05) is 29.3 Å². The molecular weight excluding hydrogens is 316 g/mol. The molecule has 1 atom stereocenters. The molecule has 0 aromatic carbocycles. The van der Waals surface area contributed by atoms with E-state index in [1.165, 1.54) is 24.2 Å². The zero-order valence-corrected chi connectivity index (χ0v) is 14.0. The van der Waals surface area contributed by atoms with E-state index in [0.29, 0.717) is 23.4 Å². The van der Waals surface area contributed by atoms with Gasteiger partial charge in [-0.15, -0.1) is 10.2 Å². The van der Waals surface area contributed by atoms with Crippen LogP contribution in [0.3, 0.4) is 0 Å². The lowest BCUT2D eigenvalue weighted by molar-refractivity contribution is -0.120. The van der Waals surface area contributed by atoms with Crippen molar-refractivity contribution >= 4 is 22.4 Å². The van der Waals surface area contributed by atoms with Crippen molar-refractivity contribution in [2.75, 3.05) is 12.4 Å². The quantitative estimate of drug-likeness (QED) is 0.862. The fourth-order valence-electron chi connectivity index (χ4n) is 2.67. The fraction of sp³-hybridized carbons (Fsp3) is 0.643. The maximum absolute atomic E-state index is 12.2. The van der Waals surface area contributed by atoms with Crippen LogP contribution >= 0.6 is 11.3 Å². The van der Waals surface area contributed by atoms with E-state index in [1.54, 1.807) is 5.51 Å². The summed E-state index contributed by atoms with van der Waals surface area (Å²) in [6, 6.07) is -0.340. The second-order valence-corrected chi connectivity index (χ2v) is 6.69. The van der Waals surface area contributed by atoms with Crippen LogP contribution < -0.4 is 5.32 Å². The minimum atomic E-state index is -0.340. The van der Waals surface area contributed by atoms with Crippen LogP contribution in [0.4, 0.5) is 5.13 Å². The first kappa shape index (κ1) is 16.0. The normalized spacial score (nSPS) is 16.8. The molecule has 8 nitrogen and oxygen atoms in total. The summed E-state index contributed by atoms with van der Waals surface area (Å²) in [5, 5.41) is 14.8. The van der Waals surface area contributed by atoms with E-state index < -0.39 is 0 Å². The van der Waals surface area contributed by atoms with E-state index in [4.69, 9.17) is 4.52 Å². The van der Waals surface area contributed by atoms with E-state index in [-0.39, 0.29) is 11.9 Å². The molecule has 2 aromatic heterocycles. The summed E-state index contributed by atoms with van der Waals surface area (Å²) in [5.74, 6) is 1.62. The van der Waals surface area contributed by atoms with Gasteiger partial charge in [0.2, 0.25) is 16.9 Å². The first-order valence-corrected chi connectivity index (χ1v) is 8.61. The van der Waals surface area contributed by atoms with Crippen molar-refractivity contribution in [1.82, 2.24) is 25.2 Å². The highest BCUT2D eigenvalue weighted by Gasteiger charge is 2.25. The predicted octanol–water partition coefficient (Wildman–Crippen LogP) is 2.04. The van der Waals surface area contributed by atoms with Crippen molar-refractivity contribution in [3.05, 3.63) is 17.2 Å². The molecule has 1 saturated carbocycles. The van der Waals surface area contributed by atoms with Crippen LogP contribution in [0.2, 0.25) is 0 Å². The first-order valence-electron chi connectivity index (χ1n) is 7.73. The number of aromatic nitrogens is 4. The molecular formula is C14H20N6O2S. The van der Waals surface area contributed by atoms with Crippen molar-refractivity contribution in [2.45, 2.75) is 51.1 Å². The van der Waals surface area contributed by atoms with E-state index >= 15 is 0 Å². The van der Waals surface area contributed by atoms with Gasteiger partial charge < -0.3 is 4.52 Å². The van der Waals surface area contributed by atoms with E-state index in [1.807, 2.05) is 18.9 Å². The fourth-order valence-corrected chi connectivity index (χ4v) is 3.12. The summed E-state index contributed by atoms with van der Waals surface area (Å²) in [6.45, 7) is 2.29. The summed E-state index contributed by atoms with van der Waals surface area (Å²) in [5.41, 5.74) is 1.58. The zero-order chi connectivity index (χ0) is 16.2. The number of carbonyl (C=O) groups excluding carboxylic acids is 1. The molecule has 1 N–H and O–H groups in total. The van der Waals surface area contributed by atoms with Gasteiger partial charge >= 0.3 is 0 Å². The van der Waals surface area contributed by atoms with Gasteiger partial charge in [0.1, 0.15) is 5.51 Å². The molecule has 1 fully saturated rings. The summed E-state index contributed by atoms with van der Waals surface area (Å²) in [7, 11) is 1.86. The molecule has 0 aliphatic heterocycles. The molecule has 23 heavy (non-hydrogen) atoms. The molecule has 0 unspecified atom stereocenters. The minimum absolute atomic E-state index is 0.135. The number of rotatable bonds is 6. The van der Waals surface area contributed by atoms with Gasteiger partial charge in [0.05, 0.1) is 12.6 Å². The number of anilines is 1. The summed E-state index contributed by atoms with van der Waals surface area (Å²) < 4.78 is 5.37. The molecule has 1 amide bonds. The number of nitrogens with one attached hydrogen (secondary N) is 1. The first-order chi connectivity index (χ1) is 11.1. The van der Waals surface area contributed by atoms with Gasteiger partial charge in [0.25, 0.3) is 0 Å². The molecule has 0 bridgehead atoms. The van der Waals surface area contributed by atoms with Crippen LogP contribution in [-0.2, 0) is 11.3 Å². The molecule has 124 valence electrons. The van der Waals surface area contributed by atoms with E-state index in [0.717, 1.165) is 18.7 Å². The number of hydrogen-bond donors (Lipinski definition) is 1. The summed E-state index contributed by atoms with van der Waals surface area (Å²) in [4.78, 5) is 18.5. The van der Waals surface area contributed by atoms with Crippen LogP contribution in [0.25, 0.3) is 0 Å². The summed E-state index contributed by atoms with van der Waals surface area (Å²) in [6.07, 6.45) is 4.70. The van der Waals surface area contributed by atoms with Crippen molar-refractivity contribution in [3.8, 4) is 0 Å². The Balaban J connectivity index is 1.55. The Labute approximate surface area is 138 Å². The predicted molar refractivity (Wildman–Crippen MR) is 85.0 cm³/mol. The van der Waals surface area contributed by atoms with Gasteiger partial charge in [-0.25, -0.2) is 0 Å². The SMILES string of the molecule is C[C@H](C(=O)Nc1nncs1)N(C)Cc1noc(C2CCCC2)n1. The third-order valence-corrected chi connectivity index (χ3v) is 4.82. The van der Waals surface area contributed by atoms with Crippen molar-refractivity contribution in [2.24, 2.45) is 0 Å². The van der Waals surface area contributed by atoms with Crippen LogP contribution in [0.15, 0.2) is 10.0 Å². The highest BCUT2D eigenvalue weighted by atomic mass is 32.1. The Morgan fingerprint density at radius 3 is 3.00 bits per heavy atom. The minimum Gasteiger partial charge on any atom is -0.339 e. The topological polar surface area (TPSA) is 97.0 Å². The molecule has 1 aliphatic rings. The second-order valence-electron chi connectivity index (χ2n) is 5.85. The lowest BCUT2D eigenvalue weighted by atomic mass is 10.1. The Morgan fingerprint density at radius 2 is 2.30 bits per heavy atom. The van der Waals surface area contributed by atoms with E-state index in [9.17, 15) is 4.79 Å². The Bertz CT molecular complexity index is 637. The largest absolute Gasteiger partial charge is 0.339 e. The zero-order valence-electron chi connectivity index (χ0n) is 13.2. The van der Waals surface area contributed by atoms with Crippen LogP contribution in [0.1, 0.15) is 50.2 Å². The van der Waals surface area contributed by atoms with Gasteiger partial charge in [-0.3, -0.25) is 15.0 Å². The van der Waals surface area contributed by atoms with Crippen molar-refractivity contribution < 1.29 is 9.32 Å². The van der Waals surface area contributed by atoms with Gasteiger partial charge in [-0.2, -0.15) is 4.98 Å². The van der Waals surface area contributed by atoms with Crippen LogP contribution in [-0.4, -0.2) is 44.2 Å². The number of hydrogen-bond acceptors (Lipinski definition) is 8. The Kier molecular flexibility index (Phi) is 4.97. The maximum Gasteiger partial charge on any atom is 0.243 e. The van der Waals surface area contributed by atoms with Gasteiger partial charge in [0.15, 0.2) is 5.82 Å². The molecule has 1 aliphatic carbocycles. The molecule has 9 heteroatoms. The van der Waals surface area contributed by atoms with Crippen LogP contribution in [0, 0.1) is 0 Å². The number of carbonyl (C=O) groups is 1. The van der Waals surface area contributed by atoms with Crippen molar-refractivity contribution in [1.29, 1.82) is 0 Å². The average Bonchev–Trinajstić information content (AvgIpc) is 3.27. The third kappa shape index (κ3) is 3.91. The lowest BCUT2D eigenvalue weighted by Gasteiger charge is -2.21. The van der Waals surface area contributed by atoms with Crippen LogP contribution in [0.5, 0.6) is 0 Å². The molecule has 0 radical (unpaired) electrons. The van der Waals surface area contributed by atoms with Crippen molar-refractivity contribution in [3.63, 3.8) is 0 Å². The monoisotopic (exact) mass is 336 g/mol. The highest BCUT2D eigenvalue weighted by molar-refractivity contribution is 7.13.